The smallest absolute Gasteiger partial charge is 0.407 e. The minimum Gasteiger partial charge on any atom is -0.481 e. The normalized spacial score (nSPS) is 20.6. The average molecular weight is 703 g/mol. The molecular weight excluding hydrogens is 648 g/mol. The Balaban J connectivity index is 0.000000271. The highest BCUT2D eigenvalue weighted by molar-refractivity contribution is 5.68. The molecule has 6 N–H and O–H groups in total. The Labute approximate surface area is 294 Å². The molecule has 2 aliphatic carbocycles. The van der Waals surface area contributed by atoms with Crippen molar-refractivity contribution < 1.29 is 33.5 Å². The summed E-state index contributed by atoms with van der Waals surface area (Å²) in [6.45, 7) is 11.0. The van der Waals surface area contributed by atoms with Crippen LogP contribution < -0.4 is 36.5 Å². The van der Waals surface area contributed by atoms with Gasteiger partial charge in [0.1, 0.15) is 11.2 Å². The lowest BCUT2D eigenvalue weighted by Gasteiger charge is -2.31. The topological polar surface area (TPSA) is 214 Å². The quantitative estimate of drug-likeness (QED) is 0.146. The highest BCUT2D eigenvalue weighted by Gasteiger charge is 2.28. The van der Waals surface area contributed by atoms with Crippen LogP contribution in [0.25, 0.3) is 0 Å². The number of carbonyl (C=O) groups is 2. The van der Waals surface area contributed by atoms with Crippen LogP contribution >= 0.6 is 0 Å². The molecule has 16 heteroatoms. The first-order valence-electron chi connectivity index (χ1n) is 17.0. The summed E-state index contributed by atoms with van der Waals surface area (Å²) < 4.78 is 20.7. The molecule has 2 fully saturated rings. The first kappa shape index (κ1) is 39.7. The van der Waals surface area contributed by atoms with E-state index in [1.165, 1.54) is 19.2 Å². The van der Waals surface area contributed by atoms with Crippen LogP contribution in [0, 0.1) is 10.1 Å². The van der Waals surface area contributed by atoms with Gasteiger partial charge >= 0.3 is 17.9 Å². The van der Waals surface area contributed by atoms with E-state index in [9.17, 15) is 19.7 Å². The maximum atomic E-state index is 11.8. The second-order valence-corrected chi connectivity index (χ2v) is 14.4. The van der Waals surface area contributed by atoms with Crippen LogP contribution in [-0.4, -0.2) is 76.7 Å². The van der Waals surface area contributed by atoms with Crippen molar-refractivity contribution in [3.8, 4) is 11.8 Å². The number of hydrogen-bond acceptors (Lipinski definition) is 13. The Kier molecular flexibility index (Phi) is 14.1. The van der Waals surface area contributed by atoms with Gasteiger partial charge < -0.3 is 45.9 Å². The molecule has 0 bridgehead atoms. The van der Waals surface area contributed by atoms with Crippen LogP contribution in [0.5, 0.6) is 11.8 Å². The van der Waals surface area contributed by atoms with E-state index in [0.29, 0.717) is 23.3 Å². The Morgan fingerprint density at radius 1 is 0.700 bits per heavy atom. The molecule has 0 aromatic carbocycles. The number of pyridine rings is 2. The molecule has 0 radical (unpaired) electrons. The fourth-order valence-corrected chi connectivity index (χ4v) is 5.58. The summed E-state index contributed by atoms with van der Waals surface area (Å²) in [6, 6.07) is 6.87. The van der Waals surface area contributed by atoms with Gasteiger partial charge in [0.05, 0.1) is 24.8 Å². The zero-order valence-electron chi connectivity index (χ0n) is 30.5. The van der Waals surface area contributed by atoms with Crippen molar-refractivity contribution in [3.63, 3.8) is 0 Å². The summed E-state index contributed by atoms with van der Waals surface area (Å²) >= 11 is 0. The molecular formula is C34H54N8O8. The number of nitrogen functional groups attached to an aromatic ring is 1. The van der Waals surface area contributed by atoms with Gasteiger partial charge in [-0.05, 0) is 99.0 Å². The molecule has 0 unspecified atom stereocenters. The second kappa shape index (κ2) is 17.8. The van der Waals surface area contributed by atoms with Gasteiger partial charge in [-0.1, -0.05) is 0 Å². The summed E-state index contributed by atoms with van der Waals surface area (Å²) in [6.07, 6.45) is 5.91. The Bertz CT molecular complexity index is 1430. The molecule has 16 nitrogen and oxygen atoms in total. The van der Waals surface area contributed by atoms with Crippen molar-refractivity contribution in [3.05, 3.63) is 34.4 Å². The highest BCUT2D eigenvalue weighted by Crippen LogP contribution is 2.29. The third kappa shape index (κ3) is 13.6. The lowest BCUT2D eigenvalue weighted by atomic mass is 9.91. The van der Waals surface area contributed by atoms with Gasteiger partial charge in [0, 0.05) is 42.4 Å². The largest absolute Gasteiger partial charge is 0.481 e. The van der Waals surface area contributed by atoms with Crippen molar-refractivity contribution in [2.24, 2.45) is 0 Å². The molecule has 2 amide bonds. The molecule has 0 saturated heterocycles. The molecule has 4 rings (SSSR count). The SMILES string of the molecule is COc1ccc(N)c(NC2CCC(NC(=O)OC(C)(C)C)CC2)n1.COc1ccc([N+](=O)[O-])c(NC2CCC(NC(=O)OC(C)(C)C)CC2)n1. The van der Waals surface area contributed by atoms with Crippen molar-refractivity contribution in [2.75, 3.05) is 30.6 Å². The number of alkyl carbamates (subject to hydrolysis) is 2. The minimum atomic E-state index is -0.528. The number of rotatable bonds is 9. The lowest BCUT2D eigenvalue weighted by molar-refractivity contribution is -0.384. The van der Waals surface area contributed by atoms with E-state index in [0.717, 1.165) is 51.4 Å². The lowest BCUT2D eigenvalue weighted by Crippen LogP contribution is -2.42. The first-order chi connectivity index (χ1) is 23.4. The zero-order valence-corrected chi connectivity index (χ0v) is 30.5. The molecule has 2 heterocycles. The number of methoxy groups -OCH3 is 2. The number of ether oxygens (including phenoxy) is 4. The molecule has 0 atom stereocenters. The Morgan fingerprint density at radius 2 is 1.08 bits per heavy atom. The van der Waals surface area contributed by atoms with Crippen LogP contribution in [0.1, 0.15) is 92.9 Å². The van der Waals surface area contributed by atoms with Crippen molar-refractivity contribution in [1.29, 1.82) is 0 Å². The van der Waals surface area contributed by atoms with Gasteiger partial charge in [0.25, 0.3) is 0 Å². The molecule has 0 aliphatic heterocycles. The van der Waals surface area contributed by atoms with Crippen LogP contribution in [0.3, 0.4) is 0 Å². The van der Waals surface area contributed by atoms with E-state index in [-0.39, 0.29) is 41.8 Å². The van der Waals surface area contributed by atoms with Crippen LogP contribution in [0.2, 0.25) is 0 Å². The summed E-state index contributed by atoms with van der Waals surface area (Å²) in [5.74, 6) is 1.71. The minimum absolute atomic E-state index is 0.0381. The molecule has 0 spiro atoms. The number of amides is 2. The van der Waals surface area contributed by atoms with E-state index >= 15 is 0 Å². The Hall–Kier alpha value is -4.76. The van der Waals surface area contributed by atoms with E-state index in [1.807, 2.05) is 41.5 Å². The molecule has 2 aromatic rings. The summed E-state index contributed by atoms with van der Waals surface area (Å²) in [4.78, 5) is 42.9. The number of aromatic nitrogens is 2. The second-order valence-electron chi connectivity index (χ2n) is 14.4. The van der Waals surface area contributed by atoms with Gasteiger partial charge in [0.2, 0.25) is 17.6 Å². The number of carbonyl (C=O) groups excluding carboxylic acids is 2. The number of anilines is 3. The molecule has 2 aliphatic rings. The third-order valence-corrected chi connectivity index (χ3v) is 7.94. The maximum absolute atomic E-state index is 11.8. The number of nitrogens with zero attached hydrogens (tertiary/aromatic N) is 3. The average Bonchev–Trinajstić information content (AvgIpc) is 3.02. The molecule has 2 saturated carbocycles. The fourth-order valence-electron chi connectivity index (χ4n) is 5.58. The zero-order chi connectivity index (χ0) is 37.1. The standard InChI is InChI=1S/C17H26N4O5.C17H28N4O3/c1-17(2,3)26-16(22)19-12-7-5-11(6-8-12)18-15-13(21(23)24)9-10-14(20-15)25-4;1-17(2,3)24-16(22)20-12-7-5-11(6-8-12)19-15-13(18)9-10-14(21-15)23-4/h9-12H,5-8H2,1-4H3,(H,18,20)(H,19,22);9-12H,5-8,18H2,1-4H3,(H,19,21)(H,20,22). The molecule has 2 aromatic heterocycles. The van der Waals surface area contributed by atoms with Crippen LogP contribution in [-0.2, 0) is 9.47 Å². The van der Waals surface area contributed by atoms with Gasteiger partial charge in [-0.3, -0.25) is 10.1 Å². The van der Waals surface area contributed by atoms with Crippen LogP contribution in [0.15, 0.2) is 24.3 Å². The van der Waals surface area contributed by atoms with Crippen molar-refractivity contribution in [2.45, 2.75) is 128 Å². The van der Waals surface area contributed by atoms with E-state index < -0.39 is 22.2 Å². The van der Waals surface area contributed by atoms with Crippen molar-refractivity contribution in [1.82, 2.24) is 20.6 Å². The van der Waals surface area contributed by atoms with E-state index in [4.69, 9.17) is 24.7 Å². The first-order valence-corrected chi connectivity index (χ1v) is 17.0. The fraction of sp³-hybridized carbons (Fsp3) is 0.647. The molecule has 278 valence electrons. The van der Waals surface area contributed by atoms with Gasteiger partial charge in [-0.25, -0.2) is 9.59 Å². The number of nitro groups is 1. The maximum Gasteiger partial charge on any atom is 0.407 e. The summed E-state index contributed by atoms with van der Waals surface area (Å²) in [5, 5.41) is 23.5. The highest BCUT2D eigenvalue weighted by atomic mass is 16.6. The van der Waals surface area contributed by atoms with Gasteiger partial charge in [-0.15, -0.1) is 0 Å². The molecule has 50 heavy (non-hydrogen) atoms. The van der Waals surface area contributed by atoms with Gasteiger partial charge in [-0.2, -0.15) is 9.97 Å². The predicted molar refractivity (Wildman–Crippen MR) is 191 cm³/mol. The van der Waals surface area contributed by atoms with E-state index in [1.54, 1.807) is 19.2 Å². The summed E-state index contributed by atoms with van der Waals surface area (Å²) in [7, 11) is 3.04. The van der Waals surface area contributed by atoms with Crippen LogP contribution in [0.4, 0.5) is 32.6 Å². The third-order valence-electron chi connectivity index (χ3n) is 7.94. The number of nitrogens with two attached hydrogens (primary N) is 1. The predicted octanol–water partition coefficient (Wildman–Crippen LogP) is 6.17. The summed E-state index contributed by atoms with van der Waals surface area (Å²) in [5.41, 5.74) is 5.48. The monoisotopic (exact) mass is 702 g/mol. The number of hydrogen-bond donors (Lipinski definition) is 5. The van der Waals surface area contributed by atoms with E-state index in [2.05, 4.69) is 31.2 Å². The number of nitrogens with one attached hydrogen (secondary N) is 4. The van der Waals surface area contributed by atoms with Crippen molar-refractivity contribution >= 4 is 35.2 Å². The Morgan fingerprint density at radius 3 is 1.48 bits per heavy atom. The van der Waals surface area contributed by atoms with Gasteiger partial charge in [0.15, 0.2) is 5.82 Å².